The molecule has 122 valence electrons. The van der Waals surface area contributed by atoms with E-state index in [2.05, 4.69) is 22.1 Å². The van der Waals surface area contributed by atoms with E-state index in [-0.39, 0.29) is 0 Å². The number of hydrogen-bond donors (Lipinski definition) is 0. The van der Waals surface area contributed by atoms with Crippen molar-refractivity contribution >= 4 is 0 Å². The first-order chi connectivity index (χ1) is 12.4. The number of pyridine rings is 1. The highest BCUT2D eigenvalue weighted by Crippen LogP contribution is 2.22. The lowest BCUT2D eigenvalue weighted by Gasteiger charge is -2.10. The van der Waals surface area contributed by atoms with Gasteiger partial charge < -0.3 is 4.74 Å². The molecule has 0 aliphatic rings. The minimum absolute atomic E-state index is 0.560. The molecule has 0 unspecified atom stereocenters. The first kappa shape index (κ1) is 15.1. The maximum atomic E-state index is 5.84. The molecular formula is C21H17N3O. The summed E-state index contributed by atoms with van der Waals surface area (Å²) < 4.78 is 7.86. The van der Waals surface area contributed by atoms with Gasteiger partial charge in [0.1, 0.15) is 12.4 Å². The average Bonchev–Trinajstić information content (AvgIpc) is 3.18. The smallest absolute Gasteiger partial charge is 0.119 e. The molecule has 4 aromatic rings. The molecule has 25 heavy (non-hydrogen) atoms. The summed E-state index contributed by atoms with van der Waals surface area (Å²) in [6.45, 7) is 0.560. The Morgan fingerprint density at radius 2 is 1.64 bits per heavy atom. The van der Waals surface area contributed by atoms with Crippen LogP contribution in [0, 0.1) is 0 Å². The Morgan fingerprint density at radius 3 is 2.40 bits per heavy atom. The summed E-state index contributed by atoms with van der Waals surface area (Å²) in [6, 6.07) is 24.0. The Labute approximate surface area is 146 Å². The molecule has 0 bridgehead atoms. The van der Waals surface area contributed by atoms with Gasteiger partial charge in [-0.1, -0.05) is 36.4 Å². The maximum Gasteiger partial charge on any atom is 0.119 e. The summed E-state index contributed by atoms with van der Waals surface area (Å²) in [5, 5.41) is 0. The van der Waals surface area contributed by atoms with Gasteiger partial charge in [-0.2, -0.15) is 0 Å². The van der Waals surface area contributed by atoms with Crippen LogP contribution in [0.1, 0.15) is 5.56 Å². The molecule has 0 saturated carbocycles. The van der Waals surface area contributed by atoms with E-state index in [9.17, 15) is 0 Å². The van der Waals surface area contributed by atoms with E-state index in [1.54, 1.807) is 12.5 Å². The number of benzene rings is 2. The van der Waals surface area contributed by atoms with Crippen molar-refractivity contribution in [1.82, 2.24) is 14.5 Å². The Kier molecular flexibility index (Phi) is 4.25. The molecule has 0 aliphatic heterocycles. The van der Waals surface area contributed by atoms with Gasteiger partial charge in [0.05, 0.1) is 23.9 Å². The molecule has 0 radical (unpaired) electrons. The van der Waals surface area contributed by atoms with Crippen molar-refractivity contribution < 1.29 is 4.74 Å². The van der Waals surface area contributed by atoms with Crippen LogP contribution in [0.15, 0.2) is 91.5 Å². The zero-order valence-corrected chi connectivity index (χ0v) is 13.6. The summed E-state index contributed by atoms with van der Waals surface area (Å²) in [5.74, 6) is 0.840. The maximum absolute atomic E-state index is 5.84. The van der Waals surface area contributed by atoms with E-state index in [4.69, 9.17) is 4.74 Å². The zero-order chi connectivity index (χ0) is 16.9. The van der Waals surface area contributed by atoms with Gasteiger partial charge in [-0.05, 0) is 42.0 Å². The number of rotatable bonds is 5. The predicted octanol–water partition coefficient (Wildman–Crippen LogP) is 4.51. The second kappa shape index (κ2) is 7.01. The summed E-state index contributed by atoms with van der Waals surface area (Å²) in [5.41, 5.74) is 4.02. The van der Waals surface area contributed by atoms with Gasteiger partial charge in [0.15, 0.2) is 0 Å². The van der Waals surface area contributed by atoms with E-state index in [1.165, 1.54) is 0 Å². The monoisotopic (exact) mass is 327 g/mol. The van der Waals surface area contributed by atoms with Crippen molar-refractivity contribution in [2.75, 3.05) is 0 Å². The largest absolute Gasteiger partial charge is 0.489 e. The molecule has 0 saturated heterocycles. The van der Waals surface area contributed by atoms with Crippen molar-refractivity contribution in [2.24, 2.45) is 0 Å². The Hall–Kier alpha value is -3.40. The highest BCUT2D eigenvalue weighted by Gasteiger charge is 2.08. The number of ether oxygens (including phenoxy) is 1. The van der Waals surface area contributed by atoms with Crippen LogP contribution in [0.5, 0.6) is 5.75 Å². The fourth-order valence-electron chi connectivity index (χ4n) is 2.65. The lowest BCUT2D eigenvalue weighted by Crippen LogP contribution is -1.98. The van der Waals surface area contributed by atoms with Gasteiger partial charge in [0, 0.05) is 11.9 Å². The lowest BCUT2D eigenvalue weighted by atomic mass is 10.2. The molecule has 0 aliphatic carbocycles. The van der Waals surface area contributed by atoms with Crippen LogP contribution in [0.4, 0.5) is 0 Å². The Balaban J connectivity index is 1.52. The zero-order valence-electron chi connectivity index (χ0n) is 13.6. The normalized spacial score (nSPS) is 10.6. The number of imidazole rings is 1. The van der Waals surface area contributed by atoms with Crippen LogP contribution in [0.2, 0.25) is 0 Å². The number of hydrogen-bond acceptors (Lipinski definition) is 3. The molecule has 2 aromatic carbocycles. The molecular weight excluding hydrogens is 310 g/mol. The van der Waals surface area contributed by atoms with Gasteiger partial charge in [-0.25, -0.2) is 4.98 Å². The molecule has 2 heterocycles. The van der Waals surface area contributed by atoms with Crippen LogP contribution in [0.25, 0.3) is 17.1 Å². The van der Waals surface area contributed by atoms with Gasteiger partial charge >= 0.3 is 0 Å². The first-order valence-electron chi connectivity index (χ1n) is 8.11. The van der Waals surface area contributed by atoms with Gasteiger partial charge in [0.25, 0.3) is 0 Å². The molecule has 4 heteroatoms. The molecule has 0 N–H and O–H groups in total. The minimum atomic E-state index is 0.560. The fourth-order valence-corrected chi connectivity index (χ4v) is 2.65. The standard InChI is InChI=1S/C21H17N3O/c1-2-6-17(7-3-1)15-25-19-11-9-18(10-12-19)24-16-22-14-21(24)20-8-4-5-13-23-20/h1-14,16H,15H2. The third kappa shape index (κ3) is 3.43. The summed E-state index contributed by atoms with van der Waals surface area (Å²) in [4.78, 5) is 8.67. The minimum Gasteiger partial charge on any atom is -0.489 e. The fraction of sp³-hybridized carbons (Fsp3) is 0.0476. The first-order valence-corrected chi connectivity index (χ1v) is 8.11. The van der Waals surface area contributed by atoms with E-state index in [0.717, 1.165) is 28.4 Å². The van der Waals surface area contributed by atoms with Crippen LogP contribution < -0.4 is 4.74 Å². The van der Waals surface area contributed by atoms with E-state index >= 15 is 0 Å². The molecule has 0 atom stereocenters. The van der Waals surface area contributed by atoms with Crippen molar-refractivity contribution in [3.05, 3.63) is 97.1 Å². The topological polar surface area (TPSA) is 39.9 Å². The second-order valence-corrected chi connectivity index (χ2v) is 5.63. The van der Waals surface area contributed by atoms with Crippen LogP contribution in [0.3, 0.4) is 0 Å². The van der Waals surface area contributed by atoms with Gasteiger partial charge in [-0.3, -0.25) is 9.55 Å². The summed E-state index contributed by atoms with van der Waals surface area (Å²) in [6.07, 6.45) is 5.40. The Bertz CT molecular complexity index is 932. The highest BCUT2D eigenvalue weighted by molar-refractivity contribution is 5.57. The summed E-state index contributed by atoms with van der Waals surface area (Å²) in [7, 11) is 0. The predicted molar refractivity (Wildman–Crippen MR) is 97.6 cm³/mol. The van der Waals surface area contributed by atoms with Crippen molar-refractivity contribution in [1.29, 1.82) is 0 Å². The third-order valence-corrected chi connectivity index (χ3v) is 3.93. The average molecular weight is 327 g/mol. The lowest BCUT2D eigenvalue weighted by molar-refractivity contribution is 0.306. The van der Waals surface area contributed by atoms with Gasteiger partial charge in [0.2, 0.25) is 0 Å². The second-order valence-electron chi connectivity index (χ2n) is 5.63. The molecule has 0 spiro atoms. The summed E-state index contributed by atoms with van der Waals surface area (Å²) >= 11 is 0. The van der Waals surface area contributed by atoms with E-state index in [0.29, 0.717) is 6.61 Å². The molecule has 4 rings (SSSR count). The highest BCUT2D eigenvalue weighted by atomic mass is 16.5. The van der Waals surface area contributed by atoms with Crippen LogP contribution in [-0.2, 0) is 6.61 Å². The van der Waals surface area contributed by atoms with Crippen molar-refractivity contribution in [3.63, 3.8) is 0 Å². The molecule has 0 amide bonds. The van der Waals surface area contributed by atoms with E-state index < -0.39 is 0 Å². The number of aromatic nitrogens is 3. The number of nitrogens with zero attached hydrogens (tertiary/aromatic N) is 3. The van der Waals surface area contributed by atoms with Crippen molar-refractivity contribution in [3.8, 4) is 22.8 Å². The van der Waals surface area contributed by atoms with Crippen LogP contribution >= 0.6 is 0 Å². The third-order valence-electron chi connectivity index (χ3n) is 3.93. The SMILES string of the molecule is c1ccc(COc2ccc(-n3cncc3-c3ccccn3)cc2)cc1. The molecule has 4 nitrogen and oxygen atoms in total. The van der Waals surface area contributed by atoms with E-state index in [1.807, 2.05) is 71.4 Å². The molecule has 0 fully saturated rings. The Morgan fingerprint density at radius 1 is 0.840 bits per heavy atom. The molecule has 2 aromatic heterocycles. The van der Waals surface area contributed by atoms with Crippen molar-refractivity contribution in [2.45, 2.75) is 6.61 Å². The van der Waals surface area contributed by atoms with Gasteiger partial charge in [-0.15, -0.1) is 0 Å². The quantitative estimate of drug-likeness (QED) is 0.541. The van der Waals surface area contributed by atoms with Crippen LogP contribution in [-0.4, -0.2) is 14.5 Å².